The average molecular weight is 156 g/mol. The van der Waals surface area contributed by atoms with Crippen molar-refractivity contribution in [2.24, 2.45) is 11.1 Å². The monoisotopic (exact) mass is 156 g/mol. The predicted octanol–water partition coefficient (Wildman–Crippen LogP) is 1.11. The minimum absolute atomic E-state index is 0.154. The van der Waals surface area contributed by atoms with Crippen LogP contribution in [0.25, 0.3) is 0 Å². The number of rotatable bonds is 2. The van der Waals surface area contributed by atoms with Crippen LogP contribution >= 0.6 is 0 Å². The van der Waals surface area contributed by atoms with Gasteiger partial charge in [0.25, 0.3) is 0 Å². The summed E-state index contributed by atoms with van der Waals surface area (Å²) in [6.07, 6.45) is 0. The van der Waals surface area contributed by atoms with Gasteiger partial charge in [-0.15, -0.1) is 0 Å². The molecule has 1 rings (SSSR count). The lowest BCUT2D eigenvalue weighted by Gasteiger charge is -2.19. The van der Waals surface area contributed by atoms with Gasteiger partial charge >= 0.3 is 0 Å². The van der Waals surface area contributed by atoms with E-state index in [0.717, 1.165) is 0 Å². The molecule has 0 aromatic heterocycles. The first kappa shape index (κ1) is 9.01. The molecule has 0 heterocycles. The molecule has 0 saturated heterocycles. The zero-order chi connectivity index (χ0) is 8.86. The summed E-state index contributed by atoms with van der Waals surface area (Å²) < 4.78 is 0. The van der Waals surface area contributed by atoms with Crippen LogP contribution in [0.1, 0.15) is 34.6 Å². The summed E-state index contributed by atoms with van der Waals surface area (Å²) in [6, 6.07) is 0.824. The van der Waals surface area contributed by atoms with Crippen LogP contribution in [0.3, 0.4) is 0 Å². The molecule has 2 heteroatoms. The summed E-state index contributed by atoms with van der Waals surface area (Å²) >= 11 is 0. The van der Waals surface area contributed by atoms with E-state index in [1.807, 2.05) is 0 Å². The van der Waals surface area contributed by atoms with Crippen molar-refractivity contribution in [2.75, 3.05) is 0 Å². The Morgan fingerprint density at radius 1 is 1.27 bits per heavy atom. The van der Waals surface area contributed by atoms with Gasteiger partial charge in [0.1, 0.15) is 0 Å². The van der Waals surface area contributed by atoms with Gasteiger partial charge in [0.2, 0.25) is 0 Å². The van der Waals surface area contributed by atoms with E-state index in [4.69, 9.17) is 5.73 Å². The predicted molar refractivity (Wildman–Crippen MR) is 48.4 cm³/mol. The van der Waals surface area contributed by atoms with E-state index >= 15 is 0 Å². The van der Waals surface area contributed by atoms with Crippen LogP contribution in [-0.4, -0.2) is 17.6 Å². The Labute approximate surface area is 69.5 Å². The van der Waals surface area contributed by atoms with Gasteiger partial charge < -0.3 is 11.1 Å². The third-order valence-corrected chi connectivity index (χ3v) is 3.24. The van der Waals surface area contributed by atoms with Crippen LogP contribution in [0.5, 0.6) is 0 Å². The Morgan fingerprint density at radius 3 is 1.73 bits per heavy atom. The lowest BCUT2D eigenvalue weighted by Crippen LogP contribution is -2.40. The van der Waals surface area contributed by atoms with Gasteiger partial charge in [0.15, 0.2) is 0 Å². The van der Waals surface area contributed by atoms with E-state index in [0.29, 0.717) is 12.1 Å². The van der Waals surface area contributed by atoms with Gasteiger partial charge in [0.05, 0.1) is 0 Å². The Balaban J connectivity index is 2.60. The molecule has 11 heavy (non-hydrogen) atoms. The number of nitrogens with two attached hydrogens (primary N) is 1. The summed E-state index contributed by atoms with van der Waals surface area (Å²) in [4.78, 5) is 0. The molecule has 66 valence electrons. The maximum atomic E-state index is 5.96. The Hall–Kier alpha value is -0.0800. The molecule has 0 aromatic carbocycles. The smallest absolute Gasteiger partial charge is 0.0379 e. The maximum Gasteiger partial charge on any atom is 0.0379 e. The first-order chi connectivity index (χ1) is 4.82. The van der Waals surface area contributed by atoms with Crippen molar-refractivity contribution in [1.29, 1.82) is 0 Å². The fourth-order valence-electron chi connectivity index (χ4n) is 1.90. The molecule has 0 aromatic rings. The maximum absolute atomic E-state index is 5.96. The van der Waals surface area contributed by atoms with Crippen molar-refractivity contribution in [3.05, 3.63) is 0 Å². The molecule has 2 atom stereocenters. The van der Waals surface area contributed by atoms with Gasteiger partial charge in [0, 0.05) is 23.0 Å². The molecular formula is C9H20N2. The van der Waals surface area contributed by atoms with E-state index in [2.05, 4.69) is 39.9 Å². The first-order valence-electron chi connectivity index (χ1n) is 4.35. The molecule has 0 bridgehead atoms. The van der Waals surface area contributed by atoms with Crippen molar-refractivity contribution < 1.29 is 0 Å². The molecule has 1 aliphatic rings. The molecule has 2 nitrogen and oxygen atoms in total. The summed E-state index contributed by atoms with van der Waals surface area (Å²) in [5.41, 5.74) is 6.38. The van der Waals surface area contributed by atoms with Crippen LogP contribution in [0.15, 0.2) is 0 Å². The minimum atomic E-state index is 0.154. The molecule has 0 radical (unpaired) electrons. The Kier molecular flexibility index (Phi) is 1.81. The second-order valence-corrected chi connectivity index (χ2v) is 4.70. The van der Waals surface area contributed by atoms with Gasteiger partial charge in [-0.05, 0) is 6.92 Å². The topological polar surface area (TPSA) is 38.0 Å². The highest BCUT2D eigenvalue weighted by molar-refractivity contribution is 5.25. The highest BCUT2D eigenvalue weighted by atomic mass is 15.1. The summed E-state index contributed by atoms with van der Waals surface area (Å²) in [5.74, 6) is 0. The van der Waals surface area contributed by atoms with E-state index < -0.39 is 0 Å². The van der Waals surface area contributed by atoms with Crippen LogP contribution in [0, 0.1) is 5.41 Å². The standard InChI is InChI=1S/C9H20N2/c1-6(2)11-9(5)7(10)8(9,3)4/h6-7,11H,10H2,1-5H3. The lowest BCUT2D eigenvalue weighted by atomic mass is 10.1. The van der Waals surface area contributed by atoms with Crippen LogP contribution in [0.2, 0.25) is 0 Å². The molecular weight excluding hydrogens is 136 g/mol. The average Bonchev–Trinajstić information content (AvgIpc) is 2.13. The van der Waals surface area contributed by atoms with Crippen LogP contribution in [-0.2, 0) is 0 Å². The number of hydrogen-bond acceptors (Lipinski definition) is 2. The number of nitrogens with one attached hydrogen (secondary N) is 1. The van der Waals surface area contributed by atoms with Gasteiger partial charge in [-0.2, -0.15) is 0 Å². The summed E-state index contributed by atoms with van der Waals surface area (Å²) in [5, 5.41) is 3.51. The summed E-state index contributed by atoms with van der Waals surface area (Å²) in [6.45, 7) is 11.0. The van der Waals surface area contributed by atoms with E-state index in [1.165, 1.54) is 0 Å². The van der Waals surface area contributed by atoms with Gasteiger partial charge in [-0.3, -0.25) is 0 Å². The van der Waals surface area contributed by atoms with Crippen LogP contribution < -0.4 is 11.1 Å². The van der Waals surface area contributed by atoms with Crippen molar-refractivity contribution in [2.45, 2.75) is 52.2 Å². The fraction of sp³-hybridized carbons (Fsp3) is 1.00. The quantitative estimate of drug-likeness (QED) is 0.628. The molecule has 1 fully saturated rings. The van der Waals surface area contributed by atoms with Crippen LogP contribution in [0.4, 0.5) is 0 Å². The normalized spacial score (nSPS) is 41.2. The molecule has 1 saturated carbocycles. The van der Waals surface area contributed by atoms with Crippen molar-refractivity contribution >= 4 is 0 Å². The number of hydrogen-bond donors (Lipinski definition) is 2. The molecule has 3 N–H and O–H groups in total. The van der Waals surface area contributed by atoms with Gasteiger partial charge in [-0.1, -0.05) is 27.7 Å². The summed E-state index contributed by atoms with van der Waals surface area (Å²) in [7, 11) is 0. The zero-order valence-electron chi connectivity index (χ0n) is 8.23. The van der Waals surface area contributed by atoms with Crippen molar-refractivity contribution in [3.63, 3.8) is 0 Å². The second-order valence-electron chi connectivity index (χ2n) is 4.70. The molecule has 0 aliphatic heterocycles. The Bertz CT molecular complexity index is 163. The van der Waals surface area contributed by atoms with E-state index in [9.17, 15) is 0 Å². The third-order valence-electron chi connectivity index (χ3n) is 3.24. The molecule has 1 aliphatic carbocycles. The third kappa shape index (κ3) is 1.09. The highest BCUT2D eigenvalue weighted by Gasteiger charge is 2.66. The largest absolute Gasteiger partial charge is 0.326 e. The second kappa shape index (κ2) is 2.20. The first-order valence-corrected chi connectivity index (χ1v) is 4.35. The lowest BCUT2D eigenvalue weighted by molar-refractivity contribution is 0.394. The molecule has 0 amide bonds. The van der Waals surface area contributed by atoms with Crippen molar-refractivity contribution in [1.82, 2.24) is 5.32 Å². The zero-order valence-corrected chi connectivity index (χ0v) is 8.23. The SMILES string of the molecule is CC(C)NC1(C)C(N)C1(C)C. The molecule has 2 unspecified atom stereocenters. The van der Waals surface area contributed by atoms with Crippen molar-refractivity contribution in [3.8, 4) is 0 Å². The molecule has 0 spiro atoms. The fourth-order valence-corrected chi connectivity index (χ4v) is 1.90. The van der Waals surface area contributed by atoms with Gasteiger partial charge in [-0.25, -0.2) is 0 Å². The highest BCUT2D eigenvalue weighted by Crippen LogP contribution is 2.53. The van der Waals surface area contributed by atoms with E-state index in [1.54, 1.807) is 0 Å². The minimum Gasteiger partial charge on any atom is -0.326 e. The van der Waals surface area contributed by atoms with E-state index in [-0.39, 0.29) is 11.0 Å². The Morgan fingerprint density at radius 2 is 1.64 bits per heavy atom.